The van der Waals surface area contributed by atoms with Crippen molar-refractivity contribution in [2.45, 2.75) is 19.8 Å². The van der Waals surface area contributed by atoms with Crippen molar-refractivity contribution in [3.8, 4) is 0 Å². The number of carboxylic acid groups (broad SMARTS) is 1. The topological polar surface area (TPSA) is 54.4 Å². The smallest absolute Gasteiger partial charge is 0.303 e. The zero-order valence-corrected chi connectivity index (χ0v) is 8.88. The Morgan fingerprint density at radius 2 is 1.78 bits per heavy atom. The van der Waals surface area contributed by atoms with Crippen molar-refractivity contribution in [3.05, 3.63) is 0 Å². The SMILES string of the molecule is CC(=O)CCC(=O)O.[La]. The van der Waals surface area contributed by atoms with Crippen molar-refractivity contribution in [2.75, 3.05) is 0 Å². The number of carboxylic acids is 1. The first-order valence-corrected chi connectivity index (χ1v) is 2.34. The third-order valence-corrected chi connectivity index (χ3v) is 0.691. The first-order valence-electron chi connectivity index (χ1n) is 2.34. The van der Waals surface area contributed by atoms with Gasteiger partial charge in [0.1, 0.15) is 5.78 Å². The van der Waals surface area contributed by atoms with Crippen molar-refractivity contribution >= 4 is 11.8 Å². The molecule has 0 aromatic rings. The molecule has 0 aromatic carbocycles. The second-order valence-corrected chi connectivity index (χ2v) is 1.60. The number of rotatable bonds is 3. The fraction of sp³-hybridized carbons (Fsp3) is 0.600. The second-order valence-electron chi connectivity index (χ2n) is 1.60. The van der Waals surface area contributed by atoms with E-state index in [-0.39, 0.29) is 54.2 Å². The molecule has 0 spiro atoms. The fourth-order valence-corrected chi connectivity index (χ4v) is 0.283. The summed E-state index contributed by atoms with van der Waals surface area (Å²) in [7, 11) is 0. The van der Waals surface area contributed by atoms with Gasteiger partial charge in [-0.15, -0.1) is 0 Å². The molecule has 1 N–H and O–H groups in total. The zero-order valence-electron chi connectivity index (χ0n) is 5.26. The van der Waals surface area contributed by atoms with Gasteiger partial charge in [0.05, 0.1) is 6.42 Å². The summed E-state index contributed by atoms with van der Waals surface area (Å²) in [6, 6.07) is 0. The van der Waals surface area contributed by atoms with Crippen LogP contribution in [0, 0.1) is 35.6 Å². The third-order valence-electron chi connectivity index (χ3n) is 0.691. The van der Waals surface area contributed by atoms with E-state index in [0.29, 0.717) is 0 Å². The van der Waals surface area contributed by atoms with E-state index in [1.165, 1.54) is 6.92 Å². The molecular formula is C5H8LaO3. The zero-order chi connectivity index (χ0) is 6.57. The van der Waals surface area contributed by atoms with Crippen molar-refractivity contribution in [1.82, 2.24) is 0 Å². The van der Waals surface area contributed by atoms with Gasteiger partial charge >= 0.3 is 5.97 Å². The molecule has 0 aromatic heterocycles. The summed E-state index contributed by atoms with van der Waals surface area (Å²) in [5.74, 6) is -0.993. The number of aliphatic carboxylic acids is 1. The average Bonchev–Trinajstić information content (AvgIpc) is 1.61. The van der Waals surface area contributed by atoms with E-state index in [9.17, 15) is 9.59 Å². The molecule has 0 rings (SSSR count). The van der Waals surface area contributed by atoms with E-state index in [1.54, 1.807) is 0 Å². The Morgan fingerprint density at radius 3 is 1.89 bits per heavy atom. The normalized spacial score (nSPS) is 7.67. The minimum Gasteiger partial charge on any atom is -0.481 e. The van der Waals surface area contributed by atoms with Crippen LogP contribution in [0.5, 0.6) is 0 Å². The van der Waals surface area contributed by atoms with Crippen molar-refractivity contribution in [3.63, 3.8) is 0 Å². The van der Waals surface area contributed by atoms with Gasteiger partial charge in [0.15, 0.2) is 0 Å². The molecule has 0 amide bonds. The standard InChI is InChI=1S/C5H8O3.La/c1-4(6)2-3-5(7)8;/h2-3H2,1H3,(H,7,8);. The molecule has 0 aliphatic rings. The largest absolute Gasteiger partial charge is 0.481 e. The van der Waals surface area contributed by atoms with E-state index in [1.807, 2.05) is 0 Å². The van der Waals surface area contributed by atoms with Gasteiger partial charge in [0.2, 0.25) is 0 Å². The third kappa shape index (κ3) is 11.8. The molecule has 0 atom stereocenters. The number of ketones is 1. The predicted molar refractivity (Wildman–Crippen MR) is 27.6 cm³/mol. The van der Waals surface area contributed by atoms with Gasteiger partial charge in [-0.3, -0.25) is 4.79 Å². The first kappa shape index (κ1) is 12.1. The van der Waals surface area contributed by atoms with Crippen LogP contribution in [0.1, 0.15) is 19.8 Å². The first-order chi connectivity index (χ1) is 3.63. The summed E-state index contributed by atoms with van der Waals surface area (Å²) in [6.45, 7) is 1.38. The summed E-state index contributed by atoms with van der Waals surface area (Å²) in [5.41, 5.74) is 0. The molecule has 4 heteroatoms. The van der Waals surface area contributed by atoms with Crippen molar-refractivity contribution in [1.29, 1.82) is 0 Å². The number of carbonyl (C=O) groups excluding carboxylic acids is 1. The molecule has 0 unspecified atom stereocenters. The van der Waals surface area contributed by atoms with Crippen LogP contribution >= 0.6 is 0 Å². The summed E-state index contributed by atoms with van der Waals surface area (Å²) in [4.78, 5) is 19.8. The summed E-state index contributed by atoms with van der Waals surface area (Å²) in [6.07, 6.45) is 0.102. The van der Waals surface area contributed by atoms with Crippen molar-refractivity contribution in [2.24, 2.45) is 0 Å². The van der Waals surface area contributed by atoms with Crippen LogP contribution < -0.4 is 0 Å². The van der Waals surface area contributed by atoms with Gasteiger partial charge in [-0.05, 0) is 6.92 Å². The molecule has 3 nitrogen and oxygen atoms in total. The molecule has 0 heterocycles. The van der Waals surface area contributed by atoms with Crippen LogP contribution in [0.25, 0.3) is 0 Å². The van der Waals surface area contributed by atoms with Crippen LogP contribution in [0.2, 0.25) is 0 Å². The molecule has 0 aliphatic heterocycles. The van der Waals surface area contributed by atoms with Gasteiger partial charge in [-0.1, -0.05) is 0 Å². The molecule has 49 valence electrons. The minimum absolute atomic E-state index is 0. The van der Waals surface area contributed by atoms with E-state index in [4.69, 9.17) is 5.11 Å². The van der Waals surface area contributed by atoms with Crippen LogP contribution in [0.4, 0.5) is 0 Å². The van der Waals surface area contributed by atoms with Gasteiger partial charge in [-0.25, -0.2) is 0 Å². The van der Waals surface area contributed by atoms with E-state index in [0.717, 1.165) is 0 Å². The Balaban J connectivity index is 0. The maximum Gasteiger partial charge on any atom is 0.303 e. The monoisotopic (exact) mass is 255 g/mol. The van der Waals surface area contributed by atoms with Gasteiger partial charge in [-0.2, -0.15) is 0 Å². The van der Waals surface area contributed by atoms with Gasteiger partial charge in [0.25, 0.3) is 0 Å². The van der Waals surface area contributed by atoms with E-state index in [2.05, 4.69) is 0 Å². The molecule has 0 fully saturated rings. The molecule has 0 saturated heterocycles. The van der Waals surface area contributed by atoms with Gasteiger partial charge in [0, 0.05) is 42.0 Å². The molecule has 9 heavy (non-hydrogen) atoms. The van der Waals surface area contributed by atoms with E-state index >= 15 is 0 Å². The predicted octanol–water partition coefficient (Wildman–Crippen LogP) is 0.440. The molecule has 0 aliphatic carbocycles. The molecule has 0 saturated carbocycles. The average molecular weight is 255 g/mol. The maximum atomic E-state index is 10.1. The number of hydrogen-bond donors (Lipinski definition) is 1. The Bertz CT molecular complexity index is 96.8. The maximum absolute atomic E-state index is 10.1. The Hall–Kier alpha value is 0.335. The van der Waals surface area contributed by atoms with Crippen molar-refractivity contribution < 1.29 is 50.3 Å². The quantitative estimate of drug-likeness (QED) is 0.796. The Morgan fingerprint density at radius 1 is 1.33 bits per heavy atom. The second kappa shape index (κ2) is 6.45. The molecule has 0 bridgehead atoms. The van der Waals surface area contributed by atoms with Crippen LogP contribution in [-0.4, -0.2) is 16.9 Å². The number of hydrogen-bond acceptors (Lipinski definition) is 2. The van der Waals surface area contributed by atoms with E-state index < -0.39 is 5.97 Å². The Labute approximate surface area is 81.4 Å². The van der Waals surface area contributed by atoms with Crippen LogP contribution in [0.3, 0.4) is 0 Å². The minimum atomic E-state index is -0.916. The number of Topliss-reactive ketones (excluding diaryl/α,β-unsaturated/α-hetero) is 1. The summed E-state index contributed by atoms with van der Waals surface area (Å²) < 4.78 is 0. The number of carbonyl (C=O) groups is 2. The Kier molecular flexibility index (Phi) is 8.64. The summed E-state index contributed by atoms with van der Waals surface area (Å²) >= 11 is 0. The molecular weight excluding hydrogens is 247 g/mol. The van der Waals surface area contributed by atoms with Crippen LogP contribution in [-0.2, 0) is 9.59 Å². The van der Waals surface area contributed by atoms with Gasteiger partial charge < -0.3 is 9.90 Å². The fourth-order valence-electron chi connectivity index (χ4n) is 0.283. The summed E-state index contributed by atoms with van der Waals surface area (Å²) in [5, 5.41) is 8.01. The van der Waals surface area contributed by atoms with Crippen LogP contribution in [0.15, 0.2) is 0 Å². The molecule has 1 radical (unpaired) electrons.